The van der Waals surface area contributed by atoms with E-state index in [1.807, 2.05) is 42.5 Å². The van der Waals surface area contributed by atoms with E-state index >= 15 is 0 Å². The Bertz CT molecular complexity index is 647. The Kier molecular flexibility index (Phi) is 3.10. The Morgan fingerprint density at radius 1 is 1.00 bits per heavy atom. The molecule has 94 valence electrons. The maximum atomic E-state index is 12.4. The highest BCUT2D eigenvalue weighted by atomic mass is 35.5. The average Bonchev–Trinajstić information content (AvgIpc) is 2.48. The summed E-state index contributed by atoms with van der Waals surface area (Å²) in [6.45, 7) is 0. The van der Waals surface area contributed by atoms with Gasteiger partial charge >= 0.3 is 0 Å². The zero-order valence-electron chi connectivity index (χ0n) is 10.0. The molecule has 1 heterocycles. The van der Waals surface area contributed by atoms with Crippen molar-refractivity contribution in [2.75, 3.05) is 0 Å². The molecule has 0 amide bonds. The standard InChI is InChI=1S/C16H11ClO2/c17-10-13-15(18)12-8-4-5-9-14(12)19-16(13)11-6-2-1-3-7-11/h1-10,16H/b13-10-/t16-/m1/s1. The molecule has 1 aliphatic heterocycles. The fraction of sp³-hybridized carbons (Fsp3) is 0.0625. The molecule has 2 nitrogen and oxygen atoms in total. The van der Waals surface area contributed by atoms with Gasteiger partial charge < -0.3 is 4.74 Å². The van der Waals surface area contributed by atoms with Crippen LogP contribution in [0.5, 0.6) is 5.75 Å². The van der Waals surface area contributed by atoms with E-state index < -0.39 is 6.10 Å². The fourth-order valence-electron chi connectivity index (χ4n) is 2.20. The molecule has 0 N–H and O–H groups in total. The molecule has 3 heteroatoms. The zero-order valence-corrected chi connectivity index (χ0v) is 10.8. The molecule has 0 aliphatic carbocycles. The minimum absolute atomic E-state index is 0.0781. The zero-order chi connectivity index (χ0) is 13.2. The Morgan fingerprint density at radius 3 is 2.42 bits per heavy atom. The van der Waals surface area contributed by atoms with Crippen molar-refractivity contribution < 1.29 is 9.53 Å². The van der Waals surface area contributed by atoms with Crippen LogP contribution in [0, 0.1) is 0 Å². The first-order valence-electron chi connectivity index (χ1n) is 5.97. The first kappa shape index (κ1) is 12.0. The van der Waals surface area contributed by atoms with Gasteiger partial charge in [0.05, 0.1) is 11.1 Å². The third-order valence-electron chi connectivity index (χ3n) is 3.14. The largest absolute Gasteiger partial charge is 0.480 e. The molecular weight excluding hydrogens is 260 g/mol. The van der Waals surface area contributed by atoms with Crippen LogP contribution in [0.3, 0.4) is 0 Å². The lowest BCUT2D eigenvalue weighted by Gasteiger charge is -2.27. The van der Waals surface area contributed by atoms with Crippen LogP contribution < -0.4 is 4.74 Å². The van der Waals surface area contributed by atoms with Crippen LogP contribution in [0.2, 0.25) is 0 Å². The van der Waals surface area contributed by atoms with E-state index in [1.54, 1.807) is 12.1 Å². The van der Waals surface area contributed by atoms with E-state index in [0.717, 1.165) is 5.56 Å². The first-order chi connectivity index (χ1) is 9.31. The van der Waals surface area contributed by atoms with Crippen molar-refractivity contribution in [3.05, 3.63) is 76.8 Å². The average molecular weight is 271 g/mol. The number of hydrogen-bond acceptors (Lipinski definition) is 2. The maximum absolute atomic E-state index is 12.4. The second-order valence-corrected chi connectivity index (χ2v) is 4.52. The van der Waals surface area contributed by atoms with Gasteiger partial charge in [-0.25, -0.2) is 0 Å². The number of benzene rings is 2. The predicted octanol–water partition coefficient (Wildman–Crippen LogP) is 4.13. The highest BCUT2D eigenvalue weighted by molar-refractivity contribution is 6.29. The lowest BCUT2D eigenvalue weighted by atomic mass is 9.92. The van der Waals surface area contributed by atoms with Gasteiger partial charge in [-0.1, -0.05) is 54.1 Å². The molecule has 1 atom stereocenters. The quantitative estimate of drug-likeness (QED) is 0.729. The van der Waals surface area contributed by atoms with Crippen molar-refractivity contribution >= 4 is 17.4 Å². The molecule has 0 radical (unpaired) electrons. The smallest absolute Gasteiger partial charge is 0.197 e. The summed E-state index contributed by atoms with van der Waals surface area (Å²) in [5.74, 6) is 0.523. The number of ether oxygens (including phenoxy) is 1. The Balaban J connectivity index is 2.11. The second kappa shape index (κ2) is 4.90. The van der Waals surface area contributed by atoms with E-state index in [4.69, 9.17) is 16.3 Å². The van der Waals surface area contributed by atoms with Crippen molar-refractivity contribution in [2.24, 2.45) is 0 Å². The topological polar surface area (TPSA) is 26.3 Å². The minimum Gasteiger partial charge on any atom is -0.480 e. The normalized spacial score (nSPS) is 19.9. The molecule has 19 heavy (non-hydrogen) atoms. The molecule has 0 aromatic heterocycles. The van der Waals surface area contributed by atoms with E-state index in [1.165, 1.54) is 5.54 Å². The lowest BCUT2D eigenvalue weighted by Crippen LogP contribution is -2.23. The molecule has 0 bridgehead atoms. The predicted molar refractivity (Wildman–Crippen MR) is 74.5 cm³/mol. The monoisotopic (exact) mass is 270 g/mol. The van der Waals surface area contributed by atoms with E-state index in [0.29, 0.717) is 16.9 Å². The molecular formula is C16H11ClO2. The first-order valence-corrected chi connectivity index (χ1v) is 6.40. The fourth-order valence-corrected chi connectivity index (χ4v) is 2.42. The molecule has 3 rings (SSSR count). The third kappa shape index (κ3) is 2.04. The van der Waals surface area contributed by atoms with Gasteiger partial charge in [-0.05, 0) is 17.7 Å². The van der Waals surface area contributed by atoms with Crippen molar-refractivity contribution in [3.63, 3.8) is 0 Å². The molecule has 0 saturated heterocycles. The summed E-state index contributed by atoms with van der Waals surface area (Å²) in [7, 11) is 0. The van der Waals surface area contributed by atoms with E-state index in [9.17, 15) is 4.79 Å². The van der Waals surface area contributed by atoms with Crippen LogP contribution in [0.1, 0.15) is 22.0 Å². The number of hydrogen-bond donors (Lipinski definition) is 0. The summed E-state index contributed by atoms with van der Waals surface area (Å²) in [5, 5.41) is 0. The van der Waals surface area contributed by atoms with Gasteiger partial charge in [-0.3, -0.25) is 4.79 Å². The minimum atomic E-state index is -0.443. The van der Waals surface area contributed by atoms with Gasteiger partial charge in [0, 0.05) is 5.54 Å². The van der Waals surface area contributed by atoms with Gasteiger partial charge in [0.2, 0.25) is 0 Å². The molecule has 2 aromatic rings. The van der Waals surface area contributed by atoms with Crippen molar-refractivity contribution in [3.8, 4) is 5.75 Å². The molecule has 0 saturated carbocycles. The van der Waals surface area contributed by atoms with Crippen molar-refractivity contribution in [1.29, 1.82) is 0 Å². The SMILES string of the molecule is O=C1/C(=C/Cl)[C@@H](c2ccccc2)Oc2ccccc21. The van der Waals surface area contributed by atoms with Crippen molar-refractivity contribution in [2.45, 2.75) is 6.10 Å². The van der Waals surface area contributed by atoms with Crippen LogP contribution in [-0.2, 0) is 0 Å². The second-order valence-electron chi connectivity index (χ2n) is 4.30. The summed E-state index contributed by atoms with van der Waals surface area (Å²) in [4.78, 5) is 12.4. The number of halogens is 1. The number of carbonyl (C=O) groups excluding carboxylic acids is 1. The molecule has 2 aromatic carbocycles. The van der Waals surface area contributed by atoms with E-state index in [2.05, 4.69) is 0 Å². The Morgan fingerprint density at radius 2 is 1.68 bits per heavy atom. The lowest BCUT2D eigenvalue weighted by molar-refractivity contribution is 0.0961. The van der Waals surface area contributed by atoms with Gasteiger partial charge in [0.15, 0.2) is 11.9 Å². The molecule has 1 aliphatic rings. The van der Waals surface area contributed by atoms with E-state index in [-0.39, 0.29) is 5.78 Å². The number of rotatable bonds is 1. The van der Waals surface area contributed by atoms with Gasteiger partial charge in [0.1, 0.15) is 5.75 Å². The van der Waals surface area contributed by atoms with Crippen molar-refractivity contribution in [1.82, 2.24) is 0 Å². The van der Waals surface area contributed by atoms with Gasteiger partial charge in [0.25, 0.3) is 0 Å². The molecule has 0 spiro atoms. The maximum Gasteiger partial charge on any atom is 0.197 e. The molecule has 0 fully saturated rings. The summed E-state index contributed by atoms with van der Waals surface area (Å²) in [6.07, 6.45) is -0.443. The number of carbonyl (C=O) groups is 1. The number of ketones is 1. The third-order valence-corrected chi connectivity index (χ3v) is 3.38. The summed E-state index contributed by atoms with van der Waals surface area (Å²) >= 11 is 5.82. The highest BCUT2D eigenvalue weighted by Crippen LogP contribution is 2.38. The Hall–Kier alpha value is -2.06. The van der Waals surface area contributed by atoms with Gasteiger partial charge in [-0.2, -0.15) is 0 Å². The Labute approximate surface area is 116 Å². The van der Waals surface area contributed by atoms with Crippen LogP contribution in [0.4, 0.5) is 0 Å². The van der Waals surface area contributed by atoms with Crippen LogP contribution in [-0.4, -0.2) is 5.78 Å². The molecule has 0 unspecified atom stereocenters. The van der Waals surface area contributed by atoms with Crippen LogP contribution in [0.15, 0.2) is 65.7 Å². The number of para-hydroxylation sites is 1. The number of Topliss-reactive ketones (excluding diaryl/α,β-unsaturated/α-hetero) is 1. The highest BCUT2D eigenvalue weighted by Gasteiger charge is 2.32. The van der Waals surface area contributed by atoms with Crippen LogP contribution in [0.25, 0.3) is 0 Å². The summed E-state index contributed by atoms with van der Waals surface area (Å²) in [5.41, 5.74) is 3.25. The van der Waals surface area contributed by atoms with Crippen LogP contribution >= 0.6 is 11.6 Å². The summed E-state index contributed by atoms with van der Waals surface area (Å²) in [6, 6.07) is 16.8. The van der Waals surface area contributed by atoms with Gasteiger partial charge in [-0.15, -0.1) is 0 Å². The summed E-state index contributed by atoms with van der Waals surface area (Å²) < 4.78 is 5.92. The number of fused-ring (bicyclic) bond motifs is 1.